The summed E-state index contributed by atoms with van der Waals surface area (Å²) >= 11 is 0. The highest BCUT2D eigenvalue weighted by atomic mass is 28.3. The number of nitrogens with zero attached hydrogens (tertiary/aromatic N) is 1. The third-order valence-electron chi connectivity index (χ3n) is 7.49. The number of amides is 1. The van der Waals surface area contributed by atoms with E-state index in [0.717, 1.165) is 11.1 Å². The SMILES string of the molecule is CC(C)[Si](C(C)C)(C(C)C)n1ccc(C2=CC(=C3C(=O)Nc4cc(F)ccc43)OC2(C)C)c1. The molecular formula is C27H35FN2O2Si. The Morgan fingerprint density at radius 2 is 1.67 bits per heavy atom. The van der Waals surface area contributed by atoms with E-state index < -0.39 is 13.8 Å². The summed E-state index contributed by atoms with van der Waals surface area (Å²) in [6, 6.07) is 6.53. The van der Waals surface area contributed by atoms with Gasteiger partial charge in [0.25, 0.3) is 5.91 Å². The maximum atomic E-state index is 13.7. The fourth-order valence-electron chi connectivity index (χ4n) is 6.30. The largest absolute Gasteiger partial charge is 0.482 e. The molecule has 6 heteroatoms. The van der Waals surface area contributed by atoms with E-state index in [1.54, 1.807) is 6.07 Å². The molecule has 1 amide bonds. The van der Waals surface area contributed by atoms with Crippen LogP contribution in [0.2, 0.25) is 16.6 Å². The van der Waals surface area contributed by atoms with Crippen LogP contribution in [0.3, 0.4) is 0 Å². The van der Waals surface area contributed by atoms with Gasteiger partial charge in [0.1, 0.15) is 17.2 Å². The van der Waals surface area contributed by atoms with Crippen LogP contribution in [0.1, 0.15) is 66.5 Å². The Morgan fingerprint density at radius 3 is 2.27 bits per heavy atom. The van der Waals surface area contributed by atoms with Crippen LogP contribution in [0.5, 0.6) is 0 Å². The number of carbonyl (C=O) groups excluding carboxylic acids is 1. The molecule has 1 aromatic carbocycles. The van der Waals surface area contributed by atoms with Crippen LogP contribution in [0, 0.1) is 5.82 Å². The van der Waals surface area contributed by atoms with Crippen molar-refractivity contribution in [1.29, 1.82) is 0 Å². The van der Waals surface area contributed by atoms with Crippen molar-refractivity contribution in [3.8, 4) is 0 Å². The Hall–Kier alpha value is -2.60. The smallest absolute Gasteiger partial charge is 0.260 e. The van der Waals surface area contributed by atoms with Gasteiger partial charge in [0, 0.05) is 17.3 Å². The molecule has 1 N–H and O–H groups in total. The lowest BCUT2D eigenvalue weighted by atomic mass is 9.94. The molecule has 0 spiro atoms. The van der Waals surface area contributed by atoms with Gasteiger partial charge in [-0.25, -0.2) is 4.39 Å². The highest BCUT2D eigenvalue weighted by molar-refractivity contribution is 6.82. The minimum atomic E-state index is -1.85. The fourth-order valence-corrected chi connectivity index (χ4v) is 12.8. The van der Waals surface area contributed by atoms with Crippen molar-refractivity contribution in [3.63, 3.8) is 0 Å². The summed E-state index contributed by atoms with van der Waals surface area (Å²) < 4.78 is 22.5. The van der Waals surface area contributed by atoms with E-state index >= 15 is 0 Å². The van der Waals surface area contributed by atoms with Crippen LogP contribution in [-0.4, -0.2) is 24.0 Å². The highest BCUT2D eigenvalue weighted by Crippen LogP contribution is 2.46. The Labute approximate surface area is 197 Å². The molecule has 0 saturated heterocycles. The van der Waals surface area contributed by atoms with E-state index in [9.17, 15) is 9.18 Å². The maximum absolute atomic E-state index is 13.7. The van der Waals surface area contributed by atoms with Crippen molar-refractivity contribution >= 4 is 31.0 Å². The van der Waals surface area contributed by atoms with Gasteiger partial charge >= 0.3 is 0 Å². The molecule has 176 valence electrons. The van der Waals surface area contributed by atoms with Gasteiger partial charge in [-0.3, -0.25) is 4.79 Å². The van der Waals surface area contributed by atoms with Gasteiger partial charge in [0.15, 0.2) is 8.24 Å². The zero-order valence-corrected chi connectivity index (χ0v) is 21.9. The summed E-state index contributed by atoms with van der Waals surface area (Å²) in [4.78, 5) is 12.7. The normalized spacial score (nSPS) is 19.9. The number of rotatable bonds is 5. The number of hydrogen-bond donors (Lipinski definition) is 1. The van der Waals surface area contributed by atoms with Gasteiger partial charge in [0.05, 0.1) is 11.3 Å². The lowest BCUT2D eigenvalue weighted by Crippen LogP contribution is -2.51. The number of nitrogens with one attached hydrogen (secondary N) is 1. The second-order valence-electron chi connectivity index (χ2n) is 10.7. The number of carbonyl (C=O) groups is 1. The van der Waals surface area contributed by atoms with Crippen LogP contribution >= 0.6 is 0 Å². The Morgan fingerprint density at radius 1 is 1.03 bits per heavy atom. The molecule has 0 aliphatic carbocycles. The van der Waals surface area contributed by atoms with Crippen molar-refractivity contribution in [3.05, 3.63) is 65.4 Å². The van der Waals surface area contributed by atoms with Crippen molar-refractivity contribution < 1.29 is 13.9 Å². The third-order valence-corrected chi connectivity index (χ3v) is 14.2. The van der Waals surface area contributed by atoms with Crippen LogP contribution in [0.4, 0.5) is 10.1 Å². The summed E-state index contributed by atoms with van der Waals surface area (Å²) in [5.41, 5.74) is 4.98. The standard InChI is InChI=1S/C27H35FN2O2Si/c1-16(2)33(17(3)4,18(5)6)30-12-11-19(15-30)22-14-24(32-27(22,7)8)25-21-10-9-20(28)13-23(21)29-26(25)31/h9-18H,1-8H3,(H,29,31). The Bertz CT molecular complexity index is 1150. The minimum Gasteiger partial charge on any atom is -0.482 e. The number of hydrogen-bond acceptors (Lipinski definition) is 2. The first-order valence-corrected chi connectivity index (χ1v) is 14.0. The van der Waals surface area contributed by atoms with Crippen LogP contribution < -0.4 is 5.32 Å². The molecule has 33 heavy (non-hydrogen) atoms. The quantitative estimate of drug-likeness (QED) is 0.374. The minimum absolute atomic E-state index is 0.262. The average molecular weight is 467 g/mol. The second-order valence-corrected chi connectivity index (χ2v) is 16.5. The number of aromatic nitrogens is 1. The van der Waals surface area contributed by atoms with Crippen LogP contribution in [0.25, 0.3) is 11.1 Å². The number of ether oxygens (including phenoxy) is 1. The molecule has 0 saturated carbocycles. The third kappa shape index (κ3) is 3.59. The van der Waals surface area contributed by atoms with E-state index in [1.807, 2.05) is 19.9 Å². The zero-order chi connectivity index (χ0) is 24.3. The molecule has 2 aliphatic rings. The highest BCUT2D eigenvalue weighted by Gasteiger charge is 2.45. The maximum Gasteiger partial charge on any atom is 0.260 e. The monoisotopic (exact) mass is 466 g/mol. The molecule has 2 aliphatic heterocycles. The summed E-state index contributed by atoms with van der Waals surface area (Å²) in [5.74, 6) is -0.105. The molecule has 0 atom stereocenters. The topological polar surface area (TPSA) is 43.3 Å². The number of benzene rings is 1. The van der Waals surface area contributed by atoms with Crippen molar-refractivity contribution in [2.24, 2.45) is 0 Å². The molecule has 1 aromatic heterocycles. The molecule has 2 aromatic rings. The molecule has 4 nitrogen and oxygen atoms in total. The lowest BCUT2D eigenvalue weighted by Gasteiger charge is -2.44. The fraction of sp³-hybridized carbons (Fsp3) is 0.444. The average Bonchev–Trinajstić information content (AvgIpc) is 3.35. The predicted octanol–water partition coefficient (Wildman–Crippen LogP) is 7.21. The van der Waals surface area contributed by atoms with Crippen LogP contribution in [0.15, 0.2) is 48.5 Å². The number of fused-ring (bicyclic) bond motifs is 1. The van der Waals surface area contributed by atoms with E-state index in [-0.39, 0.29) is 11.7 Å². The van der Waals surface area contributed by atoms with E-state index in [0.29, 0.717) is 39.2 Å². The number of anilines is 1. The molecular weight excluding hydrogens is 431 g/mol. The van der Waals surface area contributed by atoms with Crippen molar-refractivity contribution in [1.82, 2.24) is 4.23 Å². The first kappa shape index (κ1) is 23.6. The predicted molar refractivity (Wildman–Crippen MR) is 136 cm³/mol. The zero-order valence-electron chi connectivity index (χ0n) is 20.9. The second kappa shape index (κ2) is 8.01. The lowest BCUT2D eigenvalue weighted by molar-refractivity contribution is -0.111. The van der Waals surface area contributed by atoms with E-state index in [1.165, 1.54) is 12.1 Å². The van der Waals surface area contributed by atoms with Crippen molar-refractivity contribution in [2.75, 3.05) is 5.32 Å². The molecule has 4 rings (SSSR count). The first-order valence-electron chi connectivity index (χ1n) is 11.8. The summed E-state index contributed by atoms with van der Waals surface area (Å²) in [7, 11) is -1.85. The first-order chi connectivity index (χ1) is 15.4. The summed E-state index contributed by atoms with van der Waals surface area (Å²) in [6.07, 6.45) is 6.51. The van der Waals surface area contributed by atoms with Gasteiger partial charge in [-0.15, -0.1) is 0 Å². The molecule has 0 fully saturated rings. The van der Waals surface area contributed by atoms with E-state index in [4.69, 9.17) is 4.74 Å². The molecule has 0 unspecified atom stereocenters. The number of halogens is 1. The van der Waals surface area contributed by atoms with Gasteiger partial charge in [0.2, 0.25) is 0 Å². The molecule has 0 bridgehead atoms. The van der Waals surface area contributed by atoms with Crippen LogP contribution in [-0.2, 0) is 9.53 Å². The molecule has 3 heterocycles. The Balaban J connectivity index is 1.82. The molecule has 0 radical (unpaired) electrons. The van der Waals surface area contributed by atoms with E-state index in [2.05, 4.69) is 69.6 Å². The Kier molecular flexibility index (Phi) is 5.72. The van der Waals surface area contributed by atoms with Crippen molar-refractivity contribution in [2.45, 2.75) is 77.6 Å². The van der Waals surface area contributed by atoms with Gasteiger partial charge in [-0.05, 0) is 72.6 Å². The number of allylic oxidation sites excluding steroid dienone is 1. The van der Waals surface area contributed by atoms with Gasteiger partial charge in [-0.2, -0.15) is 0 Å². The summed E-state index contributed by atoms with van der Waals surface area (Å²) in [6.45, 7) is 18.2. The summed E-state index contributed by atoms with van der Waals surface area (Å²) in [5, 5.41) is 2.76. The van der Waals surface area contributed by atoms with Gasteiger partial charge in [-0.1, -0.05) is 41.5 Å². The van der Waals surface area contributed by atoms with Gasteiger partial charge < -0.3 is 14.3 Å².